The number of amides is 1. The zero-order chi connectivity index (χ0) is 18.7. The zero-order valence-corrected chi connectivity index (χ0v) is 15.7. The molecule has 0 fully saturated rings. The van der Waals surface area contributed by atoms with E-state index in [4.69, 9.17) is 11.6 Å². The van der Waals surface area contributed by atoms with Crippen molar-refractivity contribution in [3.8, 4) is 0 Å². The lowest BCUT2D eigenvalue weighted by Crippen LogP contribution is -2.23. The maximum absolute atomic E-state index is 12.3. The average molecular weight is 373 g/mol. The lowest BCUT2D eigenvalue weighted by molar-refractivity contribution is 0.0945. The van der Waals surface area contributed by atoms with Crippen molar-refractivity contribution in [3.05, 3.63) is 64.2 Å². The Bertz CT molecular complexity index is 908. The van der Waals surface area contributed by atoms with Gasteiger partial charge in [-0.25, -0.2) is 4.68 Å². The molecule has 2 heterocycles. The number of aromatic amines is 1. The third kappa shape index (κ3) is 4.29. The smallest absolute Gasteiger partial charge is 0.273 e. The molecule has 0 bridgehead atoms. The van der Waals surface area contributed by atoms with Gasteiger partial charge >= 0.3 is 0 Å². The molecule has 26 heavy (non-hydrogen) atoms. The summed E-state index contributed by atoms with van der Waals surface area (Å²) >= 11 is 6.14. The van der Waals surface area contributed by atoms with Crippen LogP contribution < -0.4 is 5.32 Å². The number of hydrogen-bond donors (Lipinski definition) is 2. The highest BCUT2D eigenvalue weighted by Gasteiger charge is 2.18. The van der Waals surface area contributed by atoms with Gasteiger partial charge in [0.25, 0.3) is 5.91 Å². The molecular weight excluding hydrogens is 352 g/mol. The third-order valence-electron chi connectivity index (χ3n) is 3.90. The highest BCUT2D eigenvalue weighted by atomic mass is 35.5. The van der Waals surface area contributed by atoms with Crippen molar-refractivity contribution in [2.75, 3.05) is 0 Å². The number of rotatable bonds is 5. The molecule has 0 radical (unpaired) electrons. The quantitative estimate of drug-likeness (QED) is 0.720. The maximum atomic E-state index is 12.3. The van der Waals surface area contributed by atoms with E-state index in [0.717, 1.165) is 17.0 Å². The second kappa shape index (κ2) is 7.29. The van der Waals surface area contributed by atoms with Gasteiger partial charge in [0.1, 0.15) is 0 Å². The summed E-state index contributed by atoms with van der Waals surface area (Å²) in [5.41, 5.74) is 2.92. The van der Waals surface area contributed by atoms with Crippen molar-refractivity contribution in [3.63, 3.8) is 0 Å². The Hall–Kier alpha value is -2.67. The van der Waals surface area contributed by atoms with Crippen LogP contribution in [0.1, 0.15) is 48.2 Å². The molecule has 0 aliphatic rings. The molecule has 0 atom stereocenters. The van der Waals surface area contributed by atoms with E-state index >= 15 is 0 Å². The van der Waals surface area contributed by atoms with Crippen molar-refractivity contribution < 1.29 is 4.79 Å². The van der Waals surface area contributed by atoms with E-state index in [-0.39, 0.29) is 17.0 Å². The largest absolute Gasteiger partial charge is 0.345 e. The molecular formula is C18H21ClN6O. The van der Waals surface area contributed by atoms with E-state index in [0.29, 0.717) is 18.1 Å². The molecule has 0 saturated heterocycles. The van der Waals surface area contributed by atoms with Crippen molar-refractivity contribution in [1.29, 1.82) is 0 Å². The Balaban J connectivity index is 1.60. The van der Waals surface area contributed by atoms with Crippen LogP contribution >= 0.6 is 11.6 Å². The highest BCUT2D eigenvalue weighted by molar-refractivity contribution is 6.31. The van der Waals surface area contributed by atoms with Crippen LogP contribution in [0.5, 0.6) is 0 Å². The molecule has 1 amide bonds. The second-order valence-electron chi connectivity index (χ2n) is 7.10. The first-order valence-electron chi connectivity index (χ1n) is 8.29. The van der Waals surface area contributed by atoms with E-state index < -0.39 is 0 Å². The van der Waals surface area contributed by atoms with E-state index in [1.54, 1.807) is 10.9 Å². The standard InChI is InChI=1S/C18H21ClN6O/c1-18(2,3)16-8-13(21-23-16)9-20-17(26)15-11-25(24-22-15)10-12-6-4-5-7-14(12)19/h4-8,11H,9-10H2,1-3H3,(H,20,26)(H,21,23). The summed E-state index contributed by atoms with van der Waals surface area (Å²) in [5.74, 6) is -0.290. The fourth-order valence-corrected chi connectivity index (χ4v) is 2.58. The minimum Gasteiger partial charge on any atom is -0.345 e. The molecule has 1 aromatic carbocycles. The normalized spacial score (nSPS) is 11.5. The summed E-state index contributed by atoms with van der Waals surface area (Å²) in [6, 6.07) is 9.45. The number of nitrogens with one attached hydrogen (secondary N) is 2. The van der Waals surface area contributed by atoms with E-state index in [1.807, 2.05) is 30.3 Å². The van der Waals surface area contributed by atoms with Crippen LogP contribution in [0.3, 0.4) is 0 Å². The van der Waals surface area contributed by atoms with Crippen LogP contribution in [0.2, 0.25) is 5.02 Å². The number of H-pyrrole nitrogens is 1. The summed E-state index contributed by atoms with van der Waals surface area (Å²) < 4.78 is 1.59. The molecule has 0 spiro atoms. The molecule has 136 valence electrons. The van der Waals surface area contributed by atoms with Crippen molar-refractivity contribution >= 4 is 17.5 Å². The van der Waals surface area contributed by atoms with Gasteiger partial charge in [-0.3, -0.25) is 9.89 Å². The van der Waals surface area contributed by atoms with Gasteiger partial charge in [-0.05, 0) is 17.7 Å². The lowest BCUT2D eigenvalue weighted by Gasteiger charge is -2.13. The van der Waals surface area contributed by atoms with E-state index in [2.05, 4.69) is 46.6 Å². The first kappa shape index (κ1) is 18.1. The summed E-state index contributed by atoms with van der Waals surface area (Å²) in [6.07, 6.45) is 1.60. The van der Waals surface area contributed by atoms with Crippen LogP contribution in [0, 0.1) is 0 Å². The number of nitrogens with zero attached hydrogens (tertiary/aromatic N) is 4. The highest BCUT2D eigenvalue weighted by Crippen LogP contribution is 2.20. The summed E-state index contributed by atoms with van der Waals surface area (Å²) in [6.45, 7) is 7.06. The van der Waals surface area contributed by atoms with E-state index in [1.165, 1.54) is 0 Å². The predicted molar refractivity (Wildman–Crippen MR) is 99.0 cm³/mol. The Morgan fingerprint density at radius 1 is 1.31 bits per heavy atom. The average Bonchev–Trinajstić information content (AvgIpc) is 3.24. The number of carbonyl (C=O) groups is 1. The first-order chi connectivity index (χ1) is 12.3. The number of hydrogen-bond acceptors (Lipinski definition) is 4. The molecule has 0 aliphatic carbocycles. The van der Waals surface area contributed by atoms with Gasteiger partial charge in [0.05, 0.1) is 30.7 Å². The second-order valence-corrected chi connectivity index (χ2v) is 7.51. The van der Waals surface area contributed by atoms with Crippen LogP contribution in [0.15, 0.2) is 36.5 Å². The number of benzene rings is 1. The van der Waals surface area contributed by atoms with Crippen LogP contribution in [-0.2, 0) is 18.5 Å². The summed E-state index contributed by atoms with van der Waals surface area (Å²) in [5, 5.41) is 18.6. The van der Waals surface area contributed by atoms with Gasteiger partial charge in [-0.1, -0.05) is 55.8 Å². The molecule has 0 unspecified atom stereocenters. The van der Waals surface area contributed by atoms with Gasteiger partial charge in [0, 0.05) is 10.4 Å². The Morgan fingerprint density at radius 3 is 2.77 bits per heavy atom. The van der Waals surface area contributed by atoms with Gasteiger partial charge < -0.3 is 5.32 Å². The van der Waals surface area contributed by atoms with E-state index in [9.17, 15) is 4.79 Å². The number of halogens is 1. The lowest BCUT2D eigenvalue weighted by atomic mass is 9.92. The molecule has 3 aromatic rings. The summed E-state index contributed by atoms with van der Waals surface area (Å²) in [7, 11) is 0. The molecule has 3 rings (SSSR count). The van der Waals surface area contributed by atoms with Crippen molar-refractivity contribution in [1.82, 2.24) is 30.5 Å². The minimum atomic E-state index is -0.290. The number of carbonyl (C=O) groups excluding carboxylic acids is 1. The van der Waals surface area contributed by atoms with Crippen molar-refractivity contribution in [2.24, 2.45) is 0 Å². The molecule has 7 nitrogen and oxygen atoms in total. The Labute approximate surface area is 156 Å². The van der Waals surface area contributed by atoms with Crippen LogP contribution in [-0.4, -0.2) is 31.1 Å². The fourth-order valence-electron chi connectivity index (χ4n) is 2.38. The first-order valence-corrected chi connectivity index (χ1v) is 8.67. The topological polar surface area (TPSA) is 88.5 Å². The maximum Gasteiger partial charge on any atom is 0.273 e. The molecule has 0 saturated carbocycles. The molecule has 0 aliphatic heterocycles. The summed E-state index contributed by atoms with van der Waals surface area (Å²) in [4.78, 5) is 12.3. The predicted octanol–water partition coefficient (Wildman–Crippen LogP) is 2.93. The monoisotopic (exact) mass is 372 g/mol. The van der Waals surface area contributed by atoms with Gasteiger partial charge in [-0.2, -0.15) is 5.10 Å². The zero-order valence-electron chi connectivity index (χ0n) is 15.0. The SMILES string of the molecule is CC(C)(C)c1cc(CNC(=O)c2cn(Cc3ccccc3Cl)nn2)[nH]n1. The van der Waals surface area contributed by atoms with Crippen LogP contribution in [0.4, 0.5) is 0 Å². The molecule has 8 heteroatoms. The third-order valence-corrected chi connectivity index (χ3v) is 4.27. The Kier molecular flexibility index (Phi) is 5.08. The van der Waals surface area contributed by atoms with Gasteiger partial charge in [0.2, 0.25) is 0 Å². The number of aromatic nitrogens is 5. The van der Waals surface area contributed by atoms with Gasteiger partial charge in [-0.15, -0.1) is 5.10 Å². The molecule has 2 N–H and O–H groups in total. The Morgan fingerprint density at radius 2 is 2.08 bits per heavy atom. The van der Waals surface area contributed by atoms with Crippen molar-refractivity contribution in [2.45, 2.75) is 39.3 Å². The fraction of sp³-hybridized carbons (Fsp3) is 0.333. The minimum absolute atomic E-state index is 0.0415. The van der Waals surface area contributed by atoms with Gasteiger partial charge in [0.15, 0.2) is 5.69 Å². The molecule has 2 aromatic heterocycles. The van der Waals surface area contributed by atoms with Crippen LogP contribution in [0.25, 0.3) is 0 Å².